The number of ether oxygens (including phenoxy) is 1. The Kier molecular flexibility index (Phi) is 6.55. The molecule has 3 rings (SSSR count). The second-order valence-corrected chi connectivity index (χ2v) is 7.41. The van der Waals surface area contributed by atoms with Crippen LogP contribution in [0.25, 0.3) is 10.6 Å². The second-order valence-electron chi connectivity index (χ2n) is 6.55. The number of benzene rings is 2. The van der Waals surface area contributed by atoms with E-state index in [9.17, 15) is 9.59 Å². The maximum Gasteiger partial charge on any atom is 0.312 e. The van der Waals surface area contributed by atoms with Crippen LogP contribution in [0, 0.1) is 13.8 Å². The van der Waals surface area contributed by atoms with E-state index >= 15 is 0 Å². The van der Waals surface area contributed by atoms with Gasteiger partial charge >= 0.3 is 5.97 Å². The van der Waals surface area contributed by atoms with E-state index in [4.69, 9.17) is 4.74 Å². The van der Waals surface area contributed by atoms with Crippen LogP contribution in [0.4, 0.5) is 0 Å². The molecule has 0 aliphatic rings. The molecule has 1 N–H and O–H groups in total. The van der Waals surface area contributed by atoms with E-state index in [-0.39, 0.29) is 18.9 Å². The Morgan fingerprint density at radius 1 is 1.11 bits per heavy atom. The molecule has 0 saturated carbocycles. The molecule has 0 radical (unpaired) electrons. The zero-order valence-electron chi connectivity index (χ0n) is 15.9. The first kappa shape index (κ1) is 19.8. The van der Waals surface area contributed by atoms with Crippen molar-refractivity contribution in [3.8, 4) is 10.6 Å². The Morgan fingerprint density at radius 3 is 2.71 bits per heavy atom. The zero-order valence-corrected chi connectivity index (χ0v) is 16.7. The monoisotopic (exact) mass is 394 g/mol. The van der Waals surface area contributed by atoms with Crippen molar-refractivity contribution in [2.75, 3.05) is 6.61 Å². The first-order valence-corrected chi connectivity index (χ1v) is 9.87. The normalized spacial score (nSPS) is 10.5. The summed E-state index contributed by atoms with van der Waals surface area (Å²) in [5, 5.41) is 5.47. The van der Waals surface area contributed by atoms with Gasteiger partial charge < -0.3 is 10.1 Å². The lowest BCUT2D eigenvalue weighted by Gasteiger charge is -2.08. The number of esters is 1. The molecule has 6 heteroatoms. The molecule has 0 aliphatic carbocycles. The van der Waals surface area contributed by atoms with Crippen LogP contribution in [0.5, 0.6) is 0 Å². The fourth-order valence-electron chi connectivity index (χ4n) is 2.70. The lowest BCUT2D eigenvalue weighted by atomic mass is 10.1. The number of nitrogens with one attached hydrogen (secondary N) is 1. The number of amides is 1. The number of carbonyl (C=O) groups excluding carboxylic acids is 2. The molecule has 0 unspecified atom stereocenters. The Balaban J connectivity index is 1.45. The SMILES string of the molecule is Cc1cccc(-c2nc(CC(=O)OCC(=O)NCc3ccccc3C)cs2)c1. The minimum atomic E-state index is -0.466. The van der Waals surface area contributed by atoms with Crippen molar-refractivity contribution in [3.63, 3.8) is 0 Å². The Labute approximate surface area is 168 Å². The number of thiazole rings is 1. The number of aromatic nitrogens is 1. The summed E-state index contributed by atoms with van der Waals surface area (Å²) >= 11 is 1.49. The lowest BCUT2D eigenvalue weighted by Crippen LogP contribution is -2.28. The van der Waals surface area contributed by atoms with Crippen molar-refractivity contribution >= 4 is 23.2 Å². The van der Waals surface area contributed by atoms with Crippen LogP contribution in [-0.2, 0) is 27.3 Å². The van der Waals surface area contributed by atoms with Gasteiger partial charge in [-0.15, -0.1) is 11.3 Å². The lowest BCUT2D eigenvalue weighted by molar-refractivity contribution is -0.147. The molecule has 28 heavy (non-hydrogen) atoms. The quantitative estimate of drug-likeness (QED) is 0.619. The maximum absolute atomic E-state index is 12.0. The number of carbonyl (C=O) groups is 2. The maximum atomic E-state index is 12.0. The number of nitrogens with zero attached hydrogens (tertiary/aromatic N) is 1. The highest BCUT2D eigenvalue weighted by Crippen LogP contribution is 2.24. The van der Waals surface area contributed by atoms with Gasteiger partial charge in [0.2, 0.25) is 0 Å². The molecule has 2 aromatic carbocycles. The van der Waals surface area contributed by atoms with Gasteiger partial charge in [0.1, 0.15) is 5.01 Å². The van der Waals surface area contributed by atoms with Gasteiger partial charge in [-0.3, -0.25) is 9.59 Å². The highest BCUT2D eigenvalue weighted by molar-refractivity contribution is 7.13. The smallest absolute Gasteiger partial charge is 0.312 e. The van der Waals surface area contributed by atoms with Gasteiger partial charge in [0.05, 0.1) is 12.1 Å². The molecule has 0 saturated heterocycles. The van der Waals surface area contributed by atoms with Gasteiger partial charge in [-0.05, 0) is 31.0 Å². The first-order valence-electron chi connectivity index (χ1n) is 8.99. The van der Waals surface area contributed by atoms with E-state index < -0.39 is 5.97 Å². The average molecular weight is 394 g/mol. The molecule has 1 aromatic heterocycles. The van der Waals surface area contributed by atoms with Gasteiger partial charge in [-0.1, -0.05) is 48.0 Å². The summed E-state index contributed by atoms with van der Waals surface area (Å²) < 4.78 is 5.07. The van der Waals surface area contributed by atoms with Gasteiger partial charge in [-0.2, -0.15) is 0 Å². The summed E-state index contributed by atoms with van der Waals surface area (Å²) in [4.78, 5) is 28.4. The number of rotatable bonds is 7. The minimum Gasteiger partial charge on any atom is -0.455 e. The largest absolute Gasteiger partial charge is 0.455 e. The fraction of sp³-hybridized carbons (Fsp3) is 0.227. The van der Waals surface area contributed by atoms with Crippen LogP contribution >= 0.6 is 11.3 Å². The summed E-state index contributed by atoms with van der Waals surface area (Å²) in [6, 6.07) is 15.9. The van der Waals surface area contributed by atoms with Crippen molar-refractivity contribution in [1.82, 2.24) is 10.3 Å². The van der Waals surface area contributed by atoms with E-state index in [0.29, 0.717) is 12.2 Å². The van der Waals surface area contributed by atoms with E-state index in [1.807, 2.05) is 61.7 Å². The molecular weight excluding hydrogens is 372 g/mol. The molecule has 0 spiro atoms. The van der Waals surface area contributed by atoms with Crippen molar-refractivity contribution in [1.29, 1.82) is 0 Å². The highest BCUT2D eigenvalue weighted by Gasteiger charge is 2.12. The minimum absolute atomic E-state index is 0.0490. The molecule has 3 aromatic rings. The molecule has 1 heterocycles. The van der Waals surface area contributed by atoms with Crippen LogP contribution in [0.15, 0.2) is 53.9 Å². The predicted molar refractivity (Wildman–Crippen MR) is 110 cm³/mol. The number of hydrogen-bond donors (Lipinski definition) is 1. The highest BCUT2D eigenvalue weighted by atomic mass is 32.1. The summed E-state index contributed by atoms with van der Waals surface area (Å²) in [7, 11) is 0. The third-order valence-corrected chi connectivity index (χ3v) is 5.18. The van der Waals surface area contributed by atoms with E-state index in [0.717, 1.165) is 27.3 Å². The molecule has 0 bridgehead atoms. The van der Waals surface area contributed by atoms with Crippen LogP contribution in [0.2, 0.25) is 0 Å². The molecule has 5 nitrogen and oxygen atoms in total. The molecule has 1 amide bonds. The van der Waals surface area contributed by atoms with Crippen LogP contribution in [0.3, 0.4) is 0 Å². The van der Waals surface area contributed by atoms with Crippen molar-refractivity contribution < 1.29 is 14.3 Å². The number of aryl methyl sites for hydroxylation is 2. The third kappa shape index (κ3) is 5.50. The van der Waals surface area contributed by atoms with Gasteiger partial charge in [0.15, 0.2) is 6.61 Å². The fourth-order valence-corrected chi connectivity index (χ4v) is 3.51. The standard InChI is InChI=1S/C22H22N2O3S/c1-15-6-5-9-17(10-15)22-24-19(14-28-22)11-21(26)27-13-20(25)23-12-18-8-4-3-7-16(18)2/h3-10,14H,11-13H2,1-2H3,(H,23,25). The summed E-state index contributed by atoms with van der Waals surface area (Å²) in [5.41, 5.74) is 4.97. The molecular formula is C22H22N2O3S. The summed E-state index contributed by atoms with van der Waals surface area (Å²) in [5.74, 6) is -0.789. The van der Waals surface area contributed by atoms with Crippen molar-refractivity contribution in [2.24, 2.45) is 0 Å². The van der Waals surface area contributed by atoms with Gasteiger partial charge in [-0.25, -0.2) is 4.98 Å². The van der Waals surface area contributed by atoms with Crippen molar-refractivity contribution in [3.05, 3.63) is 76.3 Å². The van der Waals surface area contributed by atoms with E-state index in [1.54, 1.807) is 0 Å². The van der Waals surface area contributed by atoms with Gasteiger partial charge in [0.25, 0.3) is 5.91 Å². The molecule has 144 valence electrons. The van der Waals surface area contributed by atoms with Crippen molar-refractivity contribution in [2.45, 2.75) is 26.8 Å². The van der Waals surface area contributed by atoms with E-state index in [2.05, 4.69) is 16.4 Å². The molecule has 0 aliphatic heterocycles. The van der Waals surface area contributed by atoms with Crippen LogP contribution in [0.1, 0.15) is 22.4 Å². The van der Waals surface area contributed by atoms with Crippen LogP contribution in [-0.4, -0.2) is 23.5 Å². The molecule has 0 fully saturated rings. The number of hydrogen-bond acceptors (Lipinski definition) is 5. The summed E-state index contributed by atoms with van der Waals surface area (Å²) in [6.07, 6.45) is 0.0490. The zero-order chi connectivity index (χ0) is 19.9. The predicted octanol–water partition coefficient (Wildman–Crippen LogP) is 3.83. The topological polar surface area (TPSA) is 68.3 Å². The Bertz CT molecular complexity index is 981. The third-order valence-electron chi connectivity index (χ3n) is 4.24. The Morgan fingerprint density at radius 2 is 1.93 bits per heavy atom. The van der Waals surface area contributed by atoms with Crippen LogP contribution < -0.4 is 5.32 Å². The summed E-state index contributed by atoms with van der Waals surface area (Å²) in [6.45, 7) is 4.13. The first-order chi connectivity index (χ1) is 13.5. The van der Waals surface area contributed by atoms with Gasteiger partial charge in [0, 0.05) is 17.5 Å². The van der Waals surface area contributed by atoms with E-state index in [1.165, 1.54) is 11.3 Å². The molecule has 0 atom stereocenters. The second kappa shape index (κ2) is 9.28. The Hall–Kier alpha value is -2.99. The average Bonchev–Trinajstić information content (AvgIpc) is 3.14.